The molecule has 11 heteroatoms. The molecule has 0 aromatic carbocycles. The molecule has 0 bridgehead atoms. The first-order valence-corrected chi connectivity index (χ1v) is 6.42. The fourth-order valence-corrected chi connectivity index (χ4v) is 1.28. The fourth-order valence-electron chi connectivity index (χ4n) is 0.817. The molecule has 0 N–H and O–H groups in total. The molecule has 0 amide bonds. The third-order valence-corrected chi connectivity index (χ3v) is 2.93. The Balaban J connectivity index is 0. The van der Waals surface area contributed by atoms with Crippen molar-refractivity contribution in [2.24, 2.45) is 5.41 Å². The van der Waals surface area contributed by atoms with Crippen molar-refractivity contribution in [3.63, 3.8) is 0 Å². The van der Waals surface area contributed by atoms with E-state index in [-0.39, 0.29) is 29.6 Å². The first-order valence-electron chi connectivity index (χ1n) is 5.01. The first-order chi connectivity index (χ1) is 8.13. The van der Waals surface area contributed by atoms with Crippen molar-refractivity contribution in [1.29, 1.82) is 0 Å². The Morgan fingerprint density at radius 1 is 1.15 bits per heavy atom. The van der Waals surface area contributed by atoms with Crippen LogP contribution in [0.15, 0.2) is 0 Å². The predicted octanol–water partition coefficient (Wildman–Crippen LogP) is -1.26. The van der Waals surface area contributed by atoms with E-state index in [1.807, 2.05) is 0 Å². The van der Waals surface area contributed by atoms with E-state index in [9.17, 15) is 35.3 Å². The van der Waals surface area contributed by atoms with Gasteiger partial charge in [-0.15, -0.1) is 0 Å². The Hall–Kier alpha value is 0.1000. The molecule has 0 saturated carbocycles. The predicted molar refractivity (Wildman–Crippen MR) is 54.6 cm³/mol. The largest absolute Gasteiger partial charge is 1.00 e. The van der Waals surface area contributed by atoms with Gasteiger partial charge in [-0.3, -0.25) is 4.79 Å². The molecule has 0 aliphatic heterocycles. The van der Waals surface area contributed by atoms with Gasteiger partial charge in [-0.1, -0.05) is 0 Å². The van der Waals surface area contributed by atoms with Crippen molar-refractivity contribution in [3.8, 4) is 0 Å². The summed E-state index contributed by atoms with van der Waals surface area (Å²) in [7, 11) is -6.51. The van der Waals surface area contributed by atoms with Gasteiger partial charge in [-0.05, 0) is 20.8 Å². The number of hydrogen-bond donors (Lipinski definition) is 0. The summed E-state index contributed by atoms with van der Waals surface area (Å²) >= 11 is 0. The number of carbonyl (C=O) groups is 1. The van der Waals surface area contributed by atoms with E-state index >= 15 is 0 Å². The normalized spacial score (nSPS) is 13.6. The van der Waals surface area contributed by atoms with Crippen LogP contribution in [0.1, 0.15) is 27.2 Å². The Morgan fingerprint density at radius 2 is 1.55 bits per heavy atom. The Kier molecular flexibility index (Phi) is 7.73. The van der Waals surface area contributed by atoms with Gasteiger partial charge < -0.3 is 9.29 Å². The molecule has 0 spiro atoms. The van der Waals surface area contributed by atoms with Gasteiger partial charge in [0, 0.05) is 0 Å². The number of ether oxygens (including phenoxy) is 1. The number of esters is 1. The van der Waals surface area contributed by atoms with E-state index in [1.165, 1.54) is 20.8 Å². The van der Waals surface area contributed by atoms with Crippen LogP contribution >= 0.6 is 0 Å². The number of alkyl halides is 4. The second-order valence-electron chi connectivity index (χ2n) is 4.81. The van der Waals surface area contributed by atoms with Crippen molar-refractivity contribution in [1.82, 2.24) is 0 Å². The van der Waals surface area contributed by atoms with E-state index in [4.69, 9.17) is 0 Å². The zero-order valence-corrected chi connectivity index (χ0v) is 14.2. The van der Waals surface area contributed by atoms with Gasteiger partial charge >= 0.3 is 46.7 Å². The Labute approximate surface area is 136 Å². The Morgan fingerprint density at radius 3 is 1.85 bits per heavy atom. The van der Waals surface area contributed by atoms with Gasteiger partial charge in [0.25, 0.3) is 0 Å². The minimum absolute atomic E-state index is 0. The van der Waals surface area contributed by atoms with Gasteiger partial charge in [-0.25, -0.2) is 8.42 Å². The second-order valence-corrected chi connectivity index (χ2v) is 6.23. The summed E-state index contributed by atoms with van der Waals surface area (Å²) in [5.41, 5.74) is -1.03. The molecule has 114 valence electrons. The monoisotopic (exact) mass is 332 g/mol. The summed E-state index contributed by atoms with van der Waals surface area (Å²) in [5, 5.41) is -5.76. The van der Waals surface area contributed by atoms with Crippen LogP contribution in [0.3, 0.4) is 0 Å². The van der Waals surface area contributed by atoms with Crippen LogP contribution in [0, 0.1) is 5.41 Å². The molecule has 5 nitrogen and oxygen atoms in total. The zero-order chi connectivity index (χ0) is 15.7. The van der Waals surface area contributed by atoms with E-state index in [1.54, 1.807) is 0 Å². The number of rotatable bonds is 5. The van der Waals surface area contributed by atoms with E-state index in [0.29, 0.717) is 0 Å². The van der Waals surface area contributed by atoms with Crippen molar-refractivity contribution >= 4 is 16.1 Å². The summed E-state index contributed by atoms with van der Waals surface area (Å²) in [4.78, 5) is 11.2. The van der Waals surface area contributed by atoms with Gasteiger partial charge in [0.05, 0.1) is 18.4 Å². The maximum Gasteiger partial charge on any atom is 1.00 e. The van der Waals surface area contributed by atoms with Gasteiger partial charge in [0.2, 0.25) is 0 Å². The molecule has 0 atom stereocenters. The third-order valence-electron chi connectivity index (χ3n) is 2.00. The van der Waals surface area contributed by atoms with E-state index in [0.717, 1.165) is 0 Å². The molecule has 0 saturated heterocycles. The average Bonchev–Trinajstić information content (AvgIpc) is 2.13. The SMILES string of the molecule is CC(C)(C)C(=O)OCCC(F)(F)C(F)(F)S(=O)(=O)[O-].[Na+]. The summed E-state index contributed by atoms with van der Waals surface area (Å²) in [6.07, 6.45) is -1.77. The molecule has 0 aliphatic rings. The van der Waals surface area contributed by atoms with Gasteiger partial charge in [-0.2, -0.15) is 17.6 Å². The molecule has 0 aromatic heterocycles. The molecule has 0 aromatic rings. The quantitative estimate of drug-likeness (QED) is 0.272. The smallest absolute Gasteiger partial charge is 0.743 e. The minimum atomic E-state index is -6.51. The molecule has 0 aliphatic carbocycles. The van der Waals surface area contributed by atoms with E-state index in [2.05, 4.69) is 4.74 Å². The van der Waals surface area contributed by atoms with Gasteiger partial charge in [0.1, 0.15) is 0 Å². The molecule has 0 rings (SSSR count). The summed E-state index contributed by atoms with van der Waals surface area (Å²) in [5.74, 6) is -6.04. The van der Waals surface area contributed by atoms with E-state index < -0.39 is 45.7 Å². The van der Waals surface area contributed by atoms with Crippen LogP contribution in [0.2, 0.25) is 0 Å². The van der Waals surface area contributed by atoms with Crippen LogP contribution in [0.5, 0.6) is 0 Å². The maximum absolute atomic E-state index is 12.9. The van der Waals surface area contributed by atoms with Crippen LogP contribution in [0.4, 0.5) is 17.6 Å². The van der Waals surface area contributed by atoms with Crippen LogP contribution in [0.25, 0.3) is 0 Å². The molecule has 0 unspecified atom stereocenters. The average molecular weight is 332 g/mol. The summed E-state index contributed by atoms with van der Waals surface area (Å²) < 4.78 is 85.7. The third kappa shape index (κ3) is 5.47. The van der Waals surface area contributed by atoms with Crippen molar-refractivity contribution in [3.05, 3.63) is 0 Å². The van der Waals surface area contributed by atoms with Crippen LogP contribution < -0.4 is 29.6 Å². The standard InChI is InChI=1S/C9H14F4O5S.Na/c1-7(2,3)6(14)18-5-4-8(10,11)9(12,13)19(15,16)17;/h4-5H2,1-3H3,(H,15,16,17);/q;+1/p-1. The van der Waals surface area contributed by atoms with Gasteiger partial charge in [0.15, 0.2) is 10.1 Å². The summed E-state index contributed by atoms with van der Waals surface area (Å²) in [6, 6.07) is 0. The van der Waals surface area contributed by atoms with Crippen molar-refractivity contribution in [2.75, 3.05) is 6.61 Å². The maximum atomic E-state index is 12.9. The molecule has 0 radical (unpaired) electrons. The molecular weight excluding hydrogens is 319 g/mol. The molecule has 20 heavy (non-hydrogen) atoms. The van der Waals surface area contributed by atoms with Crippen LogP contribution in [-0.4, -0.2) is 36.7 Å². The second kappa shape index (κ2) is 6.91. The number of hydrogen-bond acceptors (Lipinski definition) is 5. The fraction of sp³-hybridized carbons (Fsp3) is 0.889. The van der Waals surface area contributed by atoms with Crippen molar-refractivity contribution < 1.29 is 69.6 Å². The minimum Gasteiger partial charge on any atom is -0.743 e. The van der Waals surface area contributed by atoms with Crippen molar-refractivity contribution in [2.45, 2.75) is 38.4 Å². The molecular formula is C9H13F4NaO5S. The summed E-state index contributed by atoms with van der Waals surface area (Å²) in [6.45, 7) is 3.09. The van der Waals surface area contributed by atoms with Crippen LogP contribution in [-0.2, 0) is 19.6 Å². The Bertz CT molecular complexity index is 444. The molecule has 0 fully saturated rings. The number of halogens is 4. The topological polar surface area (TPSA) is 83.5 Å². The number of carbonyl (C=O) groups excluding carboxylic acids is 1. The molecule has 0 heterocycles. The zero-order valence-electron chi connectivity index (χ0n) is 11.4. The first kappa shape index (κ1) is 22.4.